The van der Waals surface area contributed by atoms with Crippen LogP contribution < -0.4 is 10.6 Å². The zero-order chi connectivity index (χ0) is 29.2. The summed E-state index contributed by atoms with van der Waals surface area (Å²) in [5, 5.41) is 5.60. The maximum absolute atomic E-state index is 14.2. The van der Waals surface area contributed by atoms with Crippen molar-refractivity contribution in [3.63, 3.8) is 0 Å². The molecule has 0 heterocycles. The molecule has 39 heavy (non-hydrogen) atoms. The predicted octanol–water partition coefficient (Wildman–Crippen LogP) is 4.24. The highest BCUT2D eigenvalue weighted by Crippen LogP contribution is 2.41. The minimum Gasteiger partial charge on any atom is -0.466 e. The lowest BCUT2D eigenvalue weighted by atomic mass is 9.99. The number of carbonyl (C=O) groups is 4. The monoisotopic (exact) mass is 563 g/mol. The molecule has 1 aliphatic rings. The molecule has 0 saturated heterocycles. The molecule has 1 fully saturated rings. The first-order valence-corrected chi connectivity index (χ1v) is 15.1. The van der Waals surface area contributed by atoms with Gasteiger partial charge in [0.2, 0.25) is 11.8 Å². The van der Waals surface area contributed by atoms with Gasteiger partial charge in [0, 0.05) is 12.6 Å². The number of nitrogens with one attached hydrogen (secondary N) is 2. The molecule has 4 unspecified atom stereocenters. The van der Waals surface area contributed by atoms with Crippen molar-refractivity contribution in [2.75, 3.05) is 25.2 Å². The van der Waals surface area contributed by atoms with E-state index in [4.69, 9.17) is 9.47 Å². The van der Waals surface area contributed by atoms with Crippen molar-refractivity contribution in [1.29, 1.82) is 0 Å². The van der Waals surface area contributed by atoms with E-state index in [-0.39, 0.29) is 43.3 Å². The lowest BCUT2D eigenvalue weighted by Gasteiger charge is -2.35. The molecule has 0 spiro atoms. The van der Waals surface area contributed by atoms with Crippen LogP contribution in [0.25, 0.3) is 0 Å². The quantitative estimate of drug-likeness (QED) is 0.326. The van der Waals surface area contributed by atoms with Crippen LogP contribution >= 0.6 is 11.8 Å². The first kappa shape index (κ1) is 32.5. The van der Waals surface area contributed by atoms with Crippen molar-refractivity contribution in [3.05, 3.63) is 35.4 Å². The third-order valence-corrected chi connectivity index (χ3v) is 7.09. The number of ether oxygens (including phenoxy) is 2. The Labute approximate surface area is 237 Å². The largest absolute Gasteiger partial charge is 0.466 e. The summed E-state index contributed by atoms with van der Waals surface area (Å²) in [7, 11) is 0. The lowest BCUT2D eigenvalue weighted by molar-refractivity contribution is -0.145. The van der Waals surface area contributed by atoms with Crippen molar-refractivity contribution in [2.24, 2.45) is 5.92 Å². The van der Waals surface area contributed by atoms with Crippen LogP contribution in [0.3, 0.4) is 0 Å². The molecule has 1 saturated carbocycles. The number of esters is 1. The SMILES string of the molecule is CCOC(=O)CCNC(=O)C(c1ccc(CC)cc1)N(C(=O)C(CCSC)NC(=O)OC(C)(C)C)C1CC1C. The van der Waals surface area contributed by atoms with Crippen molar-refractivity contribution < 1.29 is 28.7 Å². The Morgan fingerprint density at radius 1 is 1.13 bits per heavy atom. The Hall–Kier alpha value is -2.75. The number of amides is 3. The average Bonchev–Trinajstić information content (AvgIpc) is 3.59. The second kappa shape index (κ2) is 15.1. The fourth-order valence-electron chi connectivity index (χ4n) is 4.29. The van der Waals surface area contributed by atoms with Crippen molar-refractivity contribution >= 4 is 35.6 Å². The minimum absolute atomic E-state index is 0.0331. The van der Waals surface area contributed by atoms with Gasteiger partial charge in [0.25, 0.3) is 0 Å². The van der Waals surface area contributed by atoms with Crippen LogP contribution in [0.4, 0.5) is 4.79 Å². The third-order valence-electron chi connectivity index (χ3n) is 6.44. The van der Waals surface area contributed by atoms with E-state index in [0.717, 1.165) is 18.4 Å². The Kier molecular flexibility index (Phi) is 12.6. The van der Waals surface area contributed by atoms with Crippen LogP contribution in [-0.4, -0.2) is 71.6 Å². The average molecular weight is 564 g/mol. The Bertz CT molecular complexity index is 978. The molecule has 4 atom stereocenters. The number of aryl methyl sites for hydroxylation is 1. The molecule has 0 radical (unpaired) electrons. The van der Waals surface area contributed by atoms with Crippen LogP contribution in [-0.2, 0) is 30.3 Å². The summed E-state index contributed by atoms with van der Waals surface area (Å²) in [6.45, 7) is 11.5. The van der Waals surface area contributed by atoms with Crippen LogP contribution in [0.1, 0.15) is 78.0 Å². The van der Waals surface area contributed by atoms with Gasteiger partial charge in [0.15, 0.2) is 0 Å². The molecule has 1 aromatic rings. The van der Waals surface area contributed by atoms with Gasteiger partial charge in [-0.3, -0.25) is 14.4 Å². The number of nitrogens with zero attached hydrogens (tertiary/aromatic N) is 1. The van der Waals surface area contributed by atoms with Gasteiger partial charge in [-0.2, -0.15) is 11.8 Å². The third kappa shape index (κ3) is 10.4. The van der Waals surface area contributed by atoms with Crippen LogP contribution in [0.15, 0.2) is 24.3 Å². The fourth-order valence-corrected chi connectivity index (χ4v) is 4.76. The molecule has 0 aliphatic heterocycles. The van der Waals surface area contributed by atoms with E-state index in [1.54, 1.807) is 44.4 Å². The number of benzene rings is 1. The van der Waals surface area contributed by atoms with E-state index in [1.807, 2.05) is 37.4 Å². The first-order valence-electron chi connectivity index (χ1n) is 13.7. The van der Waals surface area contributed by atoms with Gasteiger partial charge in [-0.05, 0) is 76.0 Å². The molecular weight excluding hydrogens is 518 g/mol. The van der Waals surface area contributed by atoms with E-state index in [1.165, 1.54) is 0 Å². The molecule has 1 aliphatic carbocycles. The fraction of sp³-hybridized carbons (Fsp3) is 0.655. The van der Waals surface area contributed by atoms with Gasteiger partial charge in [-0.1, -0.05) is 38.1 Å². The van der Waals surface area contributed by atoms with Gasteiger partial charge in [0.1, 0.15) is 17.7 Å². The zero-order valence-electron chi connectivity index (χ0n) is 24.4. The molecule has 10 heteroatoms. The molecule has 1 aromatic carbocycles. The molecule has 2 rings (SSSR count). The summed E-state index contributed by atoms with van der Waals surface area (Å²) in [5.74, 6) is -0.251. The van der Waals surface area contributed by atoms with Crippen LogP contribution in [0, 0.1) is 5.92 Å². The number of carbonyl (C=O) groups excluding carboxylic acids is 4. The van der Waals surface area contributed by atoms with E-state index in [0.29, 0.717) is 17.7 Å². The highest BCUT2D eigenvalue weighted by atomic mass is 32.2. The summed E-state index contributed by atoms with van der Waals surface area (Å²) in [4.78, 5) is 54.0. The maximum Gasteiger partial charge on any atom is 0.408 e. The van der Waals surface area contributed by atoms with Gasteiger partial charge in [-0.15, -0.1) is 0 Å². The molecule has 9 nitrogen and oxygen atoms in total. The predicted molar refractivity (Wildman–Crippen MR) is 153 cm³/mol. The molecular formula is C29H45N3O6S. The maximum atomic E-state index is 14.2. The smallest absolute Gasteiger partial charge is 0.408 e. The second-order valence-corrected chi connectivity index (χ2v) is 11.8. The standard InChI is InChI=1S/C29H45N3O6S/c1-8-20-10-12-21(13-11-20)25(26(34)30-16-14-24(33)37-9-2)32(23-18-19(23)3)27(35)22(15-17-39-7)31-28(36)38-29(4,5)6/h10-13,19,22-23,25H,8-9,14-18H2,1-7H3,(H,30,34)(H,31,36). The lowest BCUT2D eigenvalue weighted by Crippen LogP contribution is -2.54. The van der Waals surface area contributed by atoms with Crippen molar-refractivity contribution in [3.8, 4) is 0 Å². The normalized spacial score (nSPS) is 17.9. The zero-order valence-corrected chi connectivity index (χ0v) is 25.2. The number of rotatable bonds is 14. The van der Waals surface area contributed by atoms with E-state index in [9.17, 15) is 19.2 Å². The van der Waals surface area contributed by atoms with Crippen molar-refractivity contribution in [1.82, 2.24) is 15.5 Å². The van der Waals surface area contributed by atoms with Gasteiger partial charge < -0.3 is 25.0 Å². The Morgan fingerprint density at radius 3 is 2.28 bits per heavy atom. The molecule has 218 valence electrons. The topological polar surface area (TPSA) is 114 Å². The number of hydrogen-bond acceptors (Lipinski definition) is 7. The molecule has 0 bridgehead atoms. The highest BCUT2D eigenvalue weighted by molar-refractivity contribution is 7.98. The van der Waals surface area contributed by atoms with Crippen LogP contribution in [0.5, 0.6) is 0 Å². The summed E-state index contributed by atoms with van der Waals surface area (Å²) >= 11 is 1.57. The number of hydrogen-bond donors (Lipinski definition) is 2. The van der Waals surface area contributed by atoms with E-state index >= 15 is 0 Å². The van der Waals surface area contributed by atoms with Gasteiger partial charge in [0.05, 0.1) is 13.0 Å². The Morgan fingerprint density at radius 2 is 1.77 bits per heavy atom. The van der Waals surface area contributed by atoms with E-state index < -0.39 is 29.7 Å². The summed E-state index contributed by atoms with van der Waals surface area (Å²) in [6.07, 6.45) is 3.29. The number of thioether (sulfide) groups is 1. The summed E-state index contributed by atoms with van der Waals surface area (Å²) in [5.41, 5.74) is 1.07. The second-order valence-electron chi connectivity index (χ2n) is 10.8. The summed E-state index contributed by atoms with van der Waals surface area (Å²) < 4.78 is 10.4. The van der Waals surface area contributed by atoms with Gasteiger partial charge >= 0.3 is 12.1 Å². The minimum atomic E-state index is -0.919. The number of alkyl carbamates (subject to hydrolysis) is 1. The van der Waals surface area contributed by atoms with Gasteiger partial charge in [-0.25, -0.2) is 4.79 Å². The van der Waals surface area contributed by atoms with Crippen LogP contribution in [0.2, 0.25) is 0 Å². The van der Waals surface area contributed by atoms with E-state index in [2.05, 4.69) is 17.6 Å². The highest BCUT2D eigenvalue weighted by Gasteiger charge is 2.48. The molecule has 2 N–H and O–H groups in total. The first-order chi connectivity index (χ1) is 18.4. The molecule has 3 amide bonds. The Balaban J connectivity index is 2.41. The van der Waals surface area contributed by atoms with Crippen molar-refractivity contribution in [2.45, 2.75) is 91.0 Å². The summed E-state index contributed by atoms with van der Waals surface area (Å²) in [6, 6.07) is 5.73. The molecule has 0 aromatic heterocycles.